The van der Waals surface area contributed by atoms with Gasteiger partial charge in [-0.2, -0.15) is 0 Å². The molecule has 0 aromatic heterocycles. The van der Waals surface area contributed by atoms with Crippen LogP contribution in [0.5, 0.6) is 5.75 Å². The number of hydrogen-bond acceptors (Lipinski definition) is 4. The fraction of sp³-hybridized carbons (Fsp3) is 0.611. The Morgan fingerprint density at radius 3 is 2.57 bits per heavy atom. The number of likely N-dealkylation sites (tertiary alicyclic amines) is 1. The zero-order chi connectivity index (χ0) is 16.3. The molecule has 0 atom stereocenters. The lowest BCUT2D eigenvalue weighted by molar-refractivity contribution is -0.134. The second-order valence-electron chi connectivity index (χ2n) is 5.86. The van der Waals surface area contributed by atoms with Crippen LogP contribution in [-0.2, 0) is 9.53 Å². The van der Waals surface area contributed by atoms with E-state index in [0.717, 1.165) is 51.1 Å². The number of piperidine rings is 1. The molecule has 0 radical (unpaired) electrons. The molecule has 5 heteroatoms. The normalized spacial score (nSPS) is 15.6. The van der Waals surface area contributed by atoms with Crippen LogP contribution < -0.4 is 10.5 Å². The number of nitrogens with two attached hydrogens (primary N) is 1. The average Bonchev–Trinajstić information content (AvgIpc) is 2.60. The van der Waals surface area contributed by atoms with E-state index in [0.29, 0.717) is 19.6 Å². The van der Waals surface area contributed by atoms with E-state index in [1.165, 1.54) is 0 Å². The maximum Gasteiger partial charge on any atom is 0.222 e. The summed E-state index contributed by atoms with van der Waals surface area (Å²) in [5.74, 6) is 1.08. The Balaban J connectivity index is 1.56. The zero-order valence-corrected chi connectivity index (χ0v) is 13.8. The van der Waals surface area contributed by atoms with Gasteiger partial charge in [-0.25, -0.2) is 0 Å². The maximum absolute atomic E-state index is 12.2. The lowest BCUT2D eigenvalue weighted by Crippen LogP contribution is -2.41. The van der Waals surface area contributed by atoms with Crippen molar-refractivity contribution in [2.24, 2.45) is 5.73 Å². The van der Waals surface area contributed by atoms with Gasteiger partial charge in [-0.05, 0) is 44.4 Å². The maximum atomic E-state index is 12.2. The first-order chi connectivity index (χ1) is 11.3. The van der Waals surface area contributed by atoms with Crippen LogP contribution in [-0.4, -0.2) is 49.8 Å². The number of amides is 1. The van der Waals surface area contributed by atoms with Gasteiger partial charge in [0, 0.05) is 26.1 Å². The monoisotopic (exact) mass is 320 g/mol. The van der Waals surface area contributed by atoms with E-state index in [2.05, 4.69) is 0 Å². The Bertz CT molecular complexity index is 445. The molecule has 1 aliphatic heterocycles. The molecular weight excluding hydrogens is 292 g/mol. The van der Waals surface area contributed by atoms with Crippen LogP contribution >= 0.6 is 0 Å². The highest BCUT2D eigenvalue weighted by molar-refractivity contribution is 5.76. The van der Waals surface area contributed by atoms with E-state index in [-0.39, 0.29) is 12.0 Å². The number of rotatable bonds is 9. The van der Waals surface area contributed by atoms with Gasteiger partial charge in [0.2, 0.25) is 5.91 Å². The average molecular weight is 320 g/mol. The molecule has 0 bridgehead atoms. The third-order valence-corrected chi connectivity index (χ3v) is 4.04. The van der Waals surface area contributed by atoms with Crippen LogP contribution in [0.1, 0.15) is 32.1 Å². The Morgan fingerprint density at radius 1 is 1.13 bits per heavy atom. The first-order valence-corrected chi connectivity index (χ1v) is 8.57. The highest BCUT2D eigenvalue weighted by Gasteiger charge is 2.22. The summed E-state index contributed by atoms with van der Waals surface area (Å²) in [5.41, 5.74) is 5.46. The number of nitrogens with zero attached hydrogens (tertiary/aromatic N) is 1. The van der Waals surface area contributed by atoms with Crippen molar-refractivity contribution in [3.63, 3.8) is 0 Å². The summed E-state index contributed by atoms with van der Waals surface area (Å²) in [7, 11) is 0. The summed E-state index contributed by atoms with van der Waals surface area (Å²) in [4.78, 5) is 14.1. The van der Waals surface area contributed by atoms with Gasteiger partial charge in [-0.15, -0.1) is 0 Å². The number of carbonyl (C=O) groups excluding carboxylic acids is 1. The molecule has 1 aliphatic rings. The standard InChI is InChI=1S/C18H28N2O3/c19-11-5-15-23-17-9-12-20(13-10-17)18(21)8-4-14-22-16-6-2-1-3-7-16/h1-3,6-7,17H,4-5,8-15,19H2. The Hall–Kier alpha value is -1.59. The van der Waals surface area contributed by atoms with Crippen LogP contribution in [0.15, 0.2) is 30.3 Å². The quantitative estimate of drug-likeness (QED) is 0.709. The zero-order valence-electron chi connectivity index (χ0n) is 13.8. The first kappa shape index (κ1) is 17.8. The third-order valence-electron chi connectivity index (χ3n) is 4.04. The van der Waals surface area contributed by atoms with E-state index in [1.807, 2.05) is 35.2 Å². The van der Waals surface area contributed by atoms with Crippen molar-refractivity contribution in [1.82, 2.24) is 4.90 Å². The summed E-state index contributed by atoms with van der Waals surface area (Å²) in [6.45, 7) is 3.57. The second kappa shape index (κ2) is 10.2. The van der Waals surface area contributed by atoms with Crippen molar-refractivity contribution in [2.75, 3.05) is 32.8 Å². The van der Waals surface area contributed by atoms with Crippen LogP contribution in [0.3, 0.4) is 0 Å². The third kappa shape index (κ3) is 6.59. The van der Waals surface area contributed by atoms with Crippen LogP contribution in [0, 0.1) is 0 Å². The van der Waals surface area contributed by atoms with Gasteiger partial charge >= 0.3 is 0 Å². The minimum Gasteiger partial charge on any atom is -0.494 e. The van der Waals surface area contributed by atoms with Crippen molar-refractivity contribution < 1.29 is 14.3 Å². The molecule has 1 aromatic carbocycles. The number of para-hydroxylation sites is 1. The van der Waals surface area contributed by atoms with E-state index in [4.69, 9.17) is 15.2 Å². The molecule has 2 rings (SSSR count). The fourth-order valence-electron chi connectivity index (χ4n) is 2.69. The minimum atomic E-state index is 0.224. The molecule has 5 nitrogen and oxygen atoms in total. The molecule has 2 N–H and O–H groups in total. The minimum absolute atomic E-state index is 0.224. The molecule has 0 saturated carbocycles. The molecular formula is C18H28N2O3. The summed E-state index contributed by atoms with van der Waals surface area (Å²) in [6.07, 6.45) is 4.34. The lowest BCUT2D eigenvalue weighted by atomic mass is 10.1. The van der Waals surface area contributed by atoms with Crippen LogP contribution in [0.25, 0.3) is 0 Å². The molecule has 128 valence electrons. The molecule has 0 unspecified atom stereocenters. The van der Waals surface area contributed by atoms with Gasteiger partial charge in [0.1, 0.15) is 5.75 Å². The molecule has 0 aliphatic carbocycles. The SMILES string of the molecule is NCCCOC1CCN(C(=O)CCCOc2ccccc2)CC1. The van der Waals surface area contributed by atoms with Gasteiger partial charge in [0.05, 0.1) is 12.7 Å². The highest BCUT2D eigenvalue weighted by Crippen LogP contribution is 2.15. The largest absolute Gasteiger partial charge is 0.494 e. The van der Waals surface area contributed by atoms with E-state index >= 15 is 0 Å². The number of carbonyl (C=O) groups is 1. The summed E-state index contributed by atoms with van der Waals surface area (Å²) in [5, 5.41) is 0. The smallest absolute Gasteiger partial charge is 0.222 e. The first-order valence-electron chi connectivity index (χ1n) is 8.57. The molecule has 23 heavy (non-hydrogen) atoms. The lowest BCUT2D eigenvalue weighted by Gasteiger charge is -2.32. The molecule has 1 amide bonds. The molecule has 1 fully saturated rings. The second-order valence-corrected chi connectivity index (χ2v) is 5.86. The topological polar surface area (TPSA) is 64.8 Å². The van der Waals surface area contributed by atoms with Gasteiger partial charge in [0.15, 0.2) is 0 Å². The van der Waals surface area contributed by atoms with Crippen molar-refractivity contribution in [2.45, 2.75) is 38.2 Å². The van der Waals surface area contributed by atoms with Crippen LogP contribution in [0.4, 0.5) is 0 Å². The van der Waals surface area contributed by atoms with E-state index in [1.54, 1.807) is 0 Å². The fourth-order valence-corrected chi connectivity index (χ4v) is 2.69. The Labute approximate surface area is 138 Å². The van der Waals surface area contributed by atoms with Gasteiger partial charge < -0.3 is 20.1 Å². The van der Waals surface area contributed by atoms with Crippen molar-refractivity contribution in [3.8, 4) is 5.75 Å². The number of ether oxygens (including phenoxy) is 2. The number of benzene rings is 1. The van der Waals surface area contributed by atoms with Gasteiger partial charge in [-0.3, -0.25) is 4.79 Å². The molecule has 0 spiro atoms. The molecule has 1 saturated heterocycles. The summed E-state index contributed by atoms with van der Waals surface area (Å²) < 4.78 is 11.4. The summed E-state index contributed by atoms with van der Waals surface area (Å²) >= 11 is 0. The number of hydrogen-bond donors (Lipinski definition) is 1. The predicted molar refractivity (Wildman–Crippen MR) is 90.4 cm³/mol. The van der Waals surface area contributed by atoms with E-state index < -0.39 is 0 Å². The molecule has 1 aromatic rings. The van der Waals surface area contributed by atoms with Crippen molar-refractivity contribution in [1.29, 1.82) is 0 Å². The van der Waals surface area contributed by atoms with Gasteiger partial charge in [-0.1, -0.05) is 18.2 Å². The predicted octanol–water partition coefficient (Wildman–Crippen LogP) is 2.20. The highest BCUT2D eigenvalue weighted by atomic mass is 16.5. The van der Waals surface area contributed by atoms with E-state index in [9.17, 15) is 4.79 Å². The Morgan fingerprint density at radius 2 is 1.87 bits per heavy atom. The Kier molecular flexibility index (Phi) is 7.90. The molecule has 1 heterocycles. The van der Waals surface area contributed by atoms with Crippen molar-refractivity contribution >= 4 is 5.91 Å². The van der Waals surface area contributed by atoms with Crippen LogP contribution in [0.2, 0.25) is 0 Å². The van der Waals surface area contributed by atoms with Gasteiger partial charge in [0.25, 0.3) is 0 Å². The van der Waals surface area contributed by atoms with Crippen molar-refractivity contribution in [3.05, 3.63) is 30.3 Å². The summed E-state index contributed by atoms with van der Waals surface area (Å²) in [6, 6.07) is 9.70.